The zero-order chi connectivity index (χ0) is 37.9. The van der Waals surface area contributed by atoms with Gasteiger partial charge in [0.1, 0.15) is 12.4 Å². The van der Waals surface area contributed by atoms with E-state index in [2.05, 4.69) is 31.2 Å². The zero-order valence-corrected chi connectivity index (χ0v) is 30.2. The quantitative estimate of drug-likeness (QED) is 0.151. The van der Waals surface area contributed by atoms with Crippen LogP contribution in [0.25, 0.3) is 16.6 Å². The first-order valence-electron chi connectivity index (χ1n) is 18.1. The molecule has 0 radical (unpaired) electrons. The number of aromatic nitrogens is 4. The van der Waals surface area contributed by atoms with Gasteiger partial charge in [-0.1, -0.05) is 23.7 Å². The number of imidazole rings is 1. The number of carbonyl (C=O) groups is 2. The standard InChI is InChI=1S/C40H35ClF3N7O4/c41-25-4-5-27(45-19-25)22-55-35-3-1-2-31(48-35)23-8-13-50(14-9-23)21-34-47-32-18-26(6-7-33(32)51(34)20-28-10-15-54-28)46-37(52)24-16-29-36(30(17-24)40(42,43)44)49-38(53)39(29)11-12-39/h1-8,16-19,28H,9-15,20-22H2,(H,46,52)(H,49,53)/t28-/m0/s1. The van der Waals surface area contributed by atoms with E-state index in [0.717, 1.165) is 53.8 Å². The Balaban J connectivity index is 0.915. The van der Waals surface area contributed by atoms with Gasteiger partial charge in [0.2, 0.25) is 11.8 Å². The van der Waals surface area contributed by atoms with Crippen molar-refractivity contribution in [2.24, 2.45) is 0 Å². The molecule has 3 aromatic heterocycles. The summed E-state index contributed by atoms with van der Waals surface area (Å²) in [5.74, 6) is 0.202. The fraction of sp³-hybridized carbons (Fsp3) is 0.325. The number of hydrogen-bond acceptors (Lipinski definition) is 8. The van der Waals surface area contributed by atoms with Gasteiger partial charge in [-0.2, -0.15) is 13.2 Å². The lowest BCUT2D eigenvalue weighted by Crippen LogP contribution is -2.33. The Morgan fingerprint density at radius 3 is 2.67 bits per heavy atom. The second-order valence-corrected chi connectivity index (χ2v) is 14.8. The summed E-state index contributed by atoms with van der Waals surface area (Å²) in [6, 6.07) is 16.9. The molecule has 5 aromatic rings. The number of ether oxygens (including phenoxy) is 2. The minimum absolute atomic E-state index is 0.0678. The minimum Gasteiger partial charge on any atom is -0.471 e. The van der Waals surface area contributed by atoms with Crippen molar-refractivity contribution < 1.29 is 32.2 Å². The number of carbonyl (C=O) groups excluding carboxylic acids is 2. The van der Waals surface area contributed by atoms with Gasteiger partial charge in [0, 0.05) is 43.2 Å². The van der Waals surface area contributed by atoms with Gasteiger partial charge in [-0.25, -0.2) is 9.97 Å². The maximum atomic E-state index is 14.1. The molecule has 9 rings (SSSR count). The Morgan fingerprint density at radius 1 is 1.11 bits per heavy atom. The Morgan fingerprint density at radius 2 is 1.96 bits per heavy atom. The maximum Gasteiger partial charge on any atom is 0.418 e. The van der Waals surface area contributed by atoms with E-state index in [1.165, 1.54) is 6.07 Å². The predicted octanol–water partition coefficient (Wildman–Crippen LogP) is 7.39. The van der Waals surface area contributed by atoms with Gasteiger partial charge in [-0.05, 0) is 85.4 Å². The van der Waals surface area contributed by atoms with E-state index in [9.17, 15) is 22.8 Å². The van der Waals surface area contributed by atoms with Crippen LogP contribution in [0.15, 0.2) is 72.9 Å². The van der Waals surface area contributed by atoms with E-state index < -0.39 is 29.0 Å². The summed E-state index contributed by atoms with van der Waals surface area (Å²) in [5, 5.41) is 5.75. The Bertz CT molecular complexity index is 2370. The lowest BCUT2D eigenvalue weighted by molar-refractivity contribution is -0.136. The van der Waals surface area contributed by atoms with Crippen LogP contribution in [0.2, 0.25) is 5.02 Å². The van der Waals surface area contributed by atoms with Crippen molar-refractivity contribution >= 4 is 51.4 Å². The van der Waals surface area contributed by atoms with E-state index in [0.29, 0.717) is 61.2 Å². The van der Waals surface area contributed by atoms with E-state index in [-0.39, 0.29) is 29.5 Å². The molecular formula is C40H35ClF3N7O4. The molecule has 1 atom stereocenters. The first kappa shape index (κ1) is 35.4. The molecule has 0 bridgehead atoms. The molecule has 0 unspecified atom stereocenters. The second kappa shape index (κ2) is 13.8. The third-order valence-electron chi connectivity index (χ3n) is 10.8. The van der Waals surface area contributed by atoms with Gasteiger partial charge in [-0.3, -0.25) is 19.5 Å². The number of pyridine rings is 2. The second-order valence-electron chi connectivity index (χ2n) is 14.4. The van der Waals surface area contributed by atoms with Crippen LogP contribution in [0, 0.1) is 0 Å². The van der Waals surface area contributed by atoms with Crippen LogP contribution in [0.1, 0.15) is 64.4 Å². The van der Waals surface area contributed by atoms with Crippen LogP contribution in [-0.2, 0) is 40.8 Å². The molecule has 6 heterocycles. The summed E-state index contributed by atoms with van der Waals surface area (Å²) < 4.78 is 56.1. The van der Waals surface area contributed by atoms with Gasteiger partial charge >= 0.3 is 6.18 Å². The molecular weight excluding hydrogens is 735 g/mol. The number of nitrogens with one attached hydrogen (secondary N) is 2. The number of hydrogen-bond donors (Lipinski definition) is 2. The summed E-state index contributed by atoms with van der Waals surface area (Å²) in [6.07, 6.45) is 1.69. The van der Waals surface area contributed by atoms with Gasteiger partial charge < -0.3 is 24.7 Å². The molecule has 55 heavy (non-hydrogen) atoms. The molecule has 2 amide bonds. The highest BCUT2D eigenvalue weighted by Crippen LogP contribution is 2.57. The number of benzene rings is 2. The van der Waals surface area contributed by atoms with Crippen LogP contribution < -0.4 is 15.4 Å². The van der Waals surface area contributed by atoms with Gasteiger partial charge in [-0.15, -0.1) is 0 Å². The van der Waals surface area contributed by atoms with Crippen molar-refractivity contribution in [1.82, 2.24) is 24.4 Å². The van der Waals surface area contributed by atoms with Crippen molar-refractivity contribution in [3.63, 3.8) is 0 Å². The van der Waals surface area contributed by atoms with Crippen LogP contribution >= 0.6 is 11.6 Å². The molecule has 4 aliphatic rings. The number of alkyl halides is 3. The molecule has 3 aliphatic heterocycles. The smallest absolute Gasteiger partial charge is 0.418 e. The molecule has 1 aliphatic carbocycles. The summed E-state index contributed by atoms with van der Waals surface area (Å²) >= 11 is 5.94. The summed E-state index contributed by atoms with van der Waals surface area (Å²) in [6.45, 7) is 3.65. The Hall–Kier alpha value is -5.31. The highest BCUT2D eigenvalue weighted by Gasteiger charge is 2.58. The molecule has 11 nitrogen and oxygen atoms in total. The monoisotopic (exact) mass is 769 g/mol. The summed E-state index contributed by atoms with van der Waals surface area (Å²) in [7, 11) is 0. The number of anilines is 2. The summed E-state index contributed by atoms with van der Waals surface area (Å²) in [4.78, 5) is 42.3. The van der Waals surface area contributed by atoms with Crippen molar-refractivity contribution in [3.8, 4) is 5.88 Å². The molecule has 1 saturated carbocycles. The van der Waals surface area contributed by atoms with Gasteiger partial charge in [0.05, 0.1) is 63.3 Å². The Labute approximate surface area is 318 Å². The molecule has 2 N–H and O–H groups in total. The number of nitrogens with zero attached hydrogens (tertiary/aromatic N) is 5. The molecule has 15 heteroatoms. The van der Waals surface area contributed by atoms with Crippen LogP contribution in [0.5, 0.6) is 5.88 Å². The Kier molecular flexibility index (Phi) is 8.86. The zero-order valence-electron chi connectivity index (χ0n) is 29.5. The highest BCUT2D eigenvalue weighted by molar-refractivity contribution is 6.30. The lowest BCUT2D eigenvalue weighted by atomic mass is 9.93. The SMILES string of the molecule is O=C(Nc1ccc2c(c1)nc(CN1CC=C(c3cccc(OCc4ccc(Cl)cn4)n3)CC1)n2C[C@@H]1CCO1)c1cc(C(F)(F)F)c2c(c1)C1(CC1)C(=O)N2. The normalized spacial score (nSPS) is 18.8. The molecule has 2 aromatic carbocycles. The van der Waals surface area contributed by atoms with Crippen molar-refractivity contribution in [1.29, 1.82) is 0 Å². The van der Waals surface area contributed by atoms with Crippen LogP contribution in [0.4, 0.5) is 24.5 Å². The van der Waals surface area contributed by atoms with Crippen molar-refractivity contribution in [2.75, 3.05) is 30.3 Å². The fourth-order valence-corrected chi connectivity index (χ4v) is 7.62. The molecule has 1 saturated heterocycles. The largest absolute Gasteiger partial charge is 0.471 e. The lowest BCUT2D eigenvalue weighted by Gasteiger charge is -2.29. The average molecular weight is 770 g/mol. The third kappa shape index (κ3) is 6.94. The minimum atomic E-state index is -4.75. The third-order valence-corrected chi connectivity index (χ3v) is 11.0. The van der Waals surface area contributed by atoms with Gasteiger partial charge in [0.25, 0.3) is 5.91 Å². The van der Waals surface area contributed by atoms with E-state index in [1.807, 2.05) is 30.3 Å². The molecule has 1 spiro atoms. The molecule has 2 fully saturated rings. The predicted molar refractivity (Wildman–Crippen MR) is 199 cm³/mol. The van der Waals surface area contributed by atoms with E-state index in [4.69, 9.17) is 31.0 Å². The van der Waals surface area contributed by atoms with E-state index >= 15 is 0 Å². The average Bonchev–Trinajstić information content (AvgIpc) is 3.83. The van der Waals surface area contributed by atoms with Gasteiger partial charge in [0.15, 0.2) is 0 Å². The van der Waals surface area contributed by atoms with Crippen molar-refractivity contribution in [2.45, 2.75) is 63.1 Å². The van der Waals surface area contributed by atoms with E-state index in [1.54, 1.807) is 24.4 Å². The summed E-state index contributed by atoms with van der Waals surface area (Å²) in [5.41, 5.74) is 2.45. The number of amides is 2. The highest BCUT2D eigenvalue weighted by atomic mass is 35.5. The molecule has 282 valence electrons. The fourth-order valence-electron chi connectivity index (χ4n) is 7.50. The van der Waals surface area contributed by atoms with Crippen LogP contribution in [-0.4, -0.2) is 62.0 Å². The number of fused-ring (bicyclic) bond motifs is 3. The first-order chi connectivity index (χ1) is 26.5. The maximum absolute atomic E-state index is 14.1. The topological polar surface area (TPSA) is 124 Å². The van der Waals surface area contributed by atoms with Crippen molar-refractivity contribution in [3.05, 3.63) is 112 Å². The number of rotatable bonds is 10. The van der Waals surface area contributed by atoms with Crippen LogP contribution in [0.3, 0.4) is 0 Å². The first-order valence-corrected chi connectivity index (χ1v) is 18.5. The number of halogens is 4.